The Kier molecular flexibility index (Phi) is 3.81. The Bertz CT molecular complexity index is 520. The van der Waals surface area contributed by atoms with E-state index in [1.165, 1.54) is 21.7 Å². The third kappa shape index (κ3) is 2.68. The summed E-state index contributed by atoms with van der Waals surface area (Å²) in [5, 5.41) is 2.67. The number of hydrogen-bond acceptors (Lipinski definition) is 1. The van der Waals surface area contributed by atoms with Crippen molar-refractivity contribution in [2.45, 2.75) is 13.8 Å². The first-order chi connectivity index (χ1) is 8.22. The van der Waals surface area contributed by atoms with Crippen molar-refractivity contribution in [2.75, 3.05) is 7.11 Å². The topological polar surface area (TPSA) is 9.23 Å². The van der Waals surface area contributed by atoms with Crippen molar-refractivity contribution in [3.63, 3.8) is 0 Å². The summed E-state index contributed by atoms with van der Waals surface area (Å²) in [7, 11) is 2.38. The first kappa shape index (κ1) is 12.1. The molecule has 0 spiro atoms. The van der Waals surface area contributed by atoms with Crippen molar-refractivity contribution in [1.82, 2.24) is 0 Å². The summed E-state index contributed by atoms with van der Waals surface area (Å²) < 4.78 is 5.39. The molecular formula is C15H17OP. The van der Waals surface area contributed by atoms with Crippen molar-refractivity contribution in [3.8, 4) is 5.75 Å². The molecule has 2 rings (SSSR count). The van der Waals surface area contributed by atoms with Crippen LogP contribution in [0.4, 0.5) is 0 Å². The van der Waals surface area contributed by atoms with Crippen LogP contribution in [0.25, 0.3) is 0 Å². The summed E-state index contributed by atoms with van der Waals surface area (Å²) in [6.45, 7) is 4.35. The molecule has 0 heterocycles. The molecule has 0 bridgehead atoms. The van der Waals surface area contributed by atoms with Crippen LogP contribution in [0, 0.1) is 13.8 Å². The molecule has 0 aliphatic carbocycles. The summed E-state index contributed by atoms with van der Waals surface area (Å²) in [6.07, 6.45) is 0. The van der Waals surface area contributed by atoms with Gasteiger partial charge in [0.05, 0.1) is 7.11 Å². The average Bonchev–Trinajstić information content (AvgIpc) is 2.35. The lowest BCUT2D eigenvalue weighted by Gasteiger charge is -2.11. The highest BCUT2D eigenvalue weighted by Crippen LogP contribution is 2.21. The number of rotatable bonds is 3. The fourth-order valence-corrected chi connectivity index (χ4v) is 3.12. The van der Waals surface area contributed by atoms with Crippen LogP contribution in [0.3, 0.4) is 0 Å². The molecule has 0 aromatic heterocycles. The molecule has 0 N–H and O–H groups in total. The van der Waals surface area contributed by atoms with Crippen molar-refractivity contribution in [1.29, 1.82) is 0 Å². The van der Waals surface area contributed by atoms with Gasteiger partial charge in [0.1, 0.15) is 5.75 Å². The number of hydrogen-bond donors (Lipinski definition) is 0. The number of methoxy groups -OCH3 is 1. The second kappa shape index (κ2) is 5.33. The zero-order chi connectivity index (χ0) is 12.3. The number of benzene rings is 2. The van der Waals surface area contributed by atoms with E-state index in [-0.39, 0.29) is 0 Å². The lowest BCUT2D eigenvalue weighted by Crippen LogP contribution is -2.09. The highest BCUT2D eigenvalue weighted by atomic mass is 31.1. The zero-order valence-electron chi connectivity index (χ0n) is 10.4. The number of aryl methyl sites for hydroxylation is 1. The summed E-state index contributed by atoms with van der Waals surface area (Å²) in [5.74, 6) is 0.978. The second-order valence-corrected chi connectivity index (χ2v) is 5.40. The Morgan fingerprint density at radius 2 is 1.59 bits per heavy atom. The molecule has 0 fully saturated rings. The summed E-state index contributed by atoms with van der Waals surface area (Å²) in [4.78, 5) is 0. The Hall–Kier alpha value is -1.33. The van der Waals surface area contributed by atoms with E-state index in [9.17, 15) is 0 Å². The first-order valence-electron chi connectivity index (χ1n) is 5.68. The minimum Gasteiger partial charge on any atom is -0.496 e. The van der Waals surface area contributed by atoms with Crippen molar-refractivity contribution in [2.24, 2.45) is 0 Å². The minimum atomic E-state index is 0.653. The largest absolute Gasteiger partial charge is 0.496 e. The number of ether oxygens (including phenoxy) is 1. The zero-order valence-corrected chi connectivity index (χ0v) is 11.4. The fraction of sp³-hybridized carbons (Fsp3) is 0.200. The van der Waals surface area contributed by atoms with Gasteiger partial charge < -0.3 is 4.74 Å². The van der Waals surface area contributed by atoms with E-state index in [1.54, 1.807) is 7.11 Å². The monoisotopic (exact) mass is 244 g/mol. The highest BCUT2D eigenvalue weighted by molar-refractivity contribution is 7.55. The summed E-state index contributed by atoms with van der Waals surface area (Å²) >= 11 is 0. The molecule has 1 unspecified atom stereocenters. The lowest BCUT2D eigenvalue weighted by atomic mass is 10.1. The van der Waals surface area contributed by atoms with Crippen LogP contribution in [0.5, 0.6) is 5.75 Å². The average molecular weight is 244 g/mol. The Morgan fingerprint density at radius 1 is 0.882 bits per heavy atom. The fourth-order valence-electron chi connectivity index (χ4n) is 1.78. The normalized spacial score (nSPS) is 11.0. The van der Waals surface area contributed by atoms with Crippen LogP contribution < -0.4 is 15.3 Å². The quantitative estimate of drug-likeness (QED) is 0.754. The molecule has 0 saturated heterocycles. The van der Waals surface area contributed by atoms with Gasteiger partial charge in [-0.3, -0.25) is 0 Å². The predicted molar refractivity (Wildman–Crippen MR) is 76.5 cm³/mol. The Morgan fingerprint density at radius 3 is 2.35 bits per heavy atom. The molecule has 2 aromatic carbocycles. The van der Waals surface area contributed by atoms with Crippen molar-refractivity contribution in [3.05, 3.63) is 53.6 Å². The Labute approximate surface area is 105 Å². The van der Waals surface area contributed by atoms with Crippen LogP contribution in [-0.2, 0) is 0 Å². The molecule has 0 aliphatic rings. The molecule has 2 aromatic rings. The lowest BCUT2D eigenvalue weighted by molar-refractivity contribution is 0.418. The van der Waals surface area contributed by atoms with E-state index < -0.39 is 0 Å². The first-order valence-corrected chi connectivity index (χ1v) is 6.68. The van der Waals surface area contributed by atoms with Crippen LogP contribution in [0.1, 0.15) is 11.1 Å². The van der Waals surface area contributed by atoms with Crippen LogP contribution in [-0.4, -0.2) is 7.11 Å². The Balaban J connectivity index is 2.35. The van der Waals surface area contributed by atoms with E-state index in [0.29, 0.717) is 8.58 Å². The third-order valence-corrected chi connectivity index (χ3v) is 4.47. The van der Waals surface area contributed by atoms with Gasteiger partial charge in [-0.25, -0.2) is 0 Å². The molecule has 17 heavy (non-hydrogen) atoms. The summed E-state index contributed by atoms with van der Waals surface area (Å²) in [6, 6.07) is 14.7. The maximum atomic E-state index is 5.39. The second-order valence-electron chi connectivity index (χ2n) is 4.07. The third-order valence-electron chi connectivity index (χ3n) is 2.98. The van der Waals surface area contributed by atoms with E-state index in [2.05, 4.69) is 44.2 Å². The summed E-state index contributed by atoms with van der Waals surface area (Å²) in [5.41, 5.74) is 2.74. The van der Waals surface area contributed by atoms with Gasteiger partial charge in [-0.15, -0.1) is 0 Å². The SMILES string of the molecule is COc1ccccc1Pc1cccc(C)c1C. The van der Waals surface area contributed by atoms with Crippen molar-refractivity contribution < 1.29 is 4.74 Å². The molecule has 1 nitrogen and oxygen atoms in total. The maximum Gasteiger partial charge on any atom is 0.126 e. The van der Waals surface area contributed by atoms with Crippen LogP contribution >= 0.6 is 8.58 Å². The maximum absolute atomic E-state index is 5.39. The van der Waals surface area contributed by atoms with Crippen molar-refractivity contribution >= 4 is 19.2 Å². The number of para-hydroxylation sites is 1. The smallest absolute Gasteiger partial charge is 0.126 e. The van der Waals surface area contributed by atoms with Gasteiger partial charge in [0.15, 0.2) is 0 Å². The van der Waals surface area contributed by atoms with Gasteiger partial charge in [0.25, 0.3) is 0 Å². The predicted octanol–water partition coefficient (Wildman–Crippen LogP) is 2.94. The molecule has 88 valence electrons. The van der Waals surface area contributed by atoms with Gasteiger partial charge in [-0.05, 0) is 36.3 Å². The van der Waals surface area contributed by atoms with Gasteiger partial charge in [-0.2, -0.15) is 0 Å². The minimum absolute atomic E-state index is 0.653. The molecule has 0 radical (unpaired) electrons. The molecule has 2 heteroatoms. The van der Waals surface area contributed by atoms with E-state index in [4.69, 9.17) is 4.74 Å². The molecule has 0 aliphatic heterocycles. The van der Waals surface area contributed by atoms with Crippen LogP contribution in [0.15, 0.2) is 42.5 Å². The molecular weight excluding hydrogens is 227 g/mol. The highest BCUT2D eigenvalue weighted by Gasteiger charge is 2.05. The molecule has 0 amide bonds. The van der Waals surface area contributed by atoms with E-state index >= 15 is 0 Å². The molecule has 1 atom stereocenters. The van der Waals surface area contributed by atoms with E-state index in [1.807, 2.05) is 12.1 Å². The van der Waals surface area contributed by atoms with Gasteiger partial charge in [0.2, 0.25) is 0 Å². The molecule has 0 saturated carbocycles. The standard InChI is InChI=1S/C15H17OP/c1-11-7-6-10-14(12(11)2)17-15-9-5-4-8-13(15)16-3/h4-10,17H,1-3H3. The van der Waals surface area contributed by atoms with Crippen LogP contribution in [0.2, 0.25) is 0 Å². The van der Waals surface area contributed by atoms with E-state index in [0.717, 1.165) is 5.75 Å². The van der Waals surface area contributed by atoms with Gasteiger partial charge >= 0.3 is 0 Å². The van der Waals surface area contributed by atoms with Gasteiger partial charge in [-0.1, -0.05) is 45.0 Å². The van der Waals surface area contributed by atoms with Gasteiger partial charge in [0, 0.05) is 5.30 Å².